The lowest BCUT2D eigenvalue weighted by molar-refractivity contribution is 0.0980. The molecular weight excluding hydrogens is 178 g/mol. The minimum absolute atomic E-state index is 0.166. The zero-order chi connectivity index (χ0) is 10.1. The molecule has 0 saturated heterocycles. The maximum atomic E-state index is 11.7. The molecule has 1 aliphatic rings. The zero-order valence-electron chi connectivity index (χ0n) is 8.39. The number of hydrogen-bond acceptors (Lipinski definition) is 3. The summed E-state index contributed by atoms with van der Waals surface area (Å²) in [6.07, 6.45) is 0.548. The van der Waals surface area contributed by atoms with Gasteiger partial charge in [0.1, 0.15) is 5.75 Å². The van der Waals surface area contributed by atoms with Gasteiger partial charge >= 0.3 is 0 Å². The van der Waals surface area contributed by atoms with E-state index in [9.17, 15) is 4.79 Å². The lowest BCUT2D eigenvalue weighted by Gasteiger charge is -2.21. The van der Waals surface area contributed by atoms with E-state index < -0.39 is 0 Å². The van der Waals surface area contributed by atoms with Crippen molar-refractivity contribution in [3.05, 3.63) is 23.3 Å². The summed E-state index contributed by atoms with van der Waals surface area (Å²) in [6, 6.07) is 3.81. The molecule has 0 radical (unpaired) electrons. The van der Waals surface area contributed by atoms with E-state index in [0.29, 0.717) is 17.7 Å². The summed E-state index contributed by atoms with van der Waals surface area (Å²) in [4.78, 5) is 11.7. The van der Waals surface area contributed by atoms with Crippen molar-refractivity contribution in [1.29, 1.82) is 0 Å². The van der Waals surface area contributed by atoms with Crippen LogP contribution in [0.5, 0.6) is 5.75 Å². The molecule has 74 valence electrons. The SMILES string of the molecule is COc1ccc(C)c2c1C(=O)CCN2. The Hall–Kier alpha value is -1.51. The van der Waals surface area contributed by atoms with E-state index >= 15 is 0 Å². The van der Waals surface area contributed by atoms with Gasteiger partial charge in [0, 0.05) is 13.0 Å². The number of hydrogen-bond donors (Lipinski definition) is 1. The number of ether oxygens (including phenoxy) is 1. The highest BCUT2D eigenvalue weighted by Gasteiger charge is 2.22. The van der Waals surface area contributed by atoms with E-state index in [-0.39, 0.29) is 5.78 Å². The number of carbonyl (C=O) groups excluding carboxylic acids is 1. The number of methoxy groups -OCH3 is 1. The smallest absolute Gasteiger partial charge is 0.170 e. The van der Waals surface area contributed by atoms with Crippen LogP contribution in [0, 0.1) is 6.92 Å². The van der Waals surface area contributed by atoms with E-state index in [1.807, 2.05) is 19.1 Å². The van der Waals surface area contributed by atoms with Crippen LogP contribution in [0.25, 0.3) is 0 Å². The molecule has 1 aromatic carbocycles. The van der Waals surface area contributed by atoms with Gasteiger partial charge in [-0.25, -0.2) is 0 Å². The van der Waals surface area contributed by atoms with Crippen LogP contribution in [0.4, 0.5) is 5.69 Å². The van der Waals surface area contributed by atoms with Gasteiger partial charge in [0.15, 0.2) is 5.78 Å². The number of fused-ring (bicyclic) bond motifs is 1. The fraction of sp³-hybridized carbons (Fsp3) is 0.364. The molecule has 14 heavy (non-hydrogen) atoms. The Morgan fingerprint density at radius 1 is 1.43 bits per heavy atom. The Morgan fingerprint density at radius 3 is 2.93 bits per heavy atom. The van der Waals surface area contributed by atoms with Gasteiger partial charge in [-0.3, -0.25) is 4.79 Å². The molecule has 0 saturated carbocycles. The van der Waals surface area contributed by atoms with Crippen molar-refractivity contribution in [2.24, 2.45) is 0 Å². The summed E-state index contributed by atoms with van der Waals surface area (Å²) in [5.41, 5.74) is 2.73. The van der Waals surface area contributed by atoms with Crippen molar-refractivity contribution in [1.82, 2.24) is 0 Å². The fourth-order valence-electron chi connectivity index (χ4n) is 1.79. The number of rotatable bonds is 1. The quantitative estimate of drug-likeness (QED) is 0.737. The van der Waals surface area contributed by atoms with Gasteiger partial charge in [0.05, 0.1) is 18.4 Å². The predicted octanol–water partition coefficient (Wildman–Crippen LogP) is 2.00. The molecule has 1 aromatic rings. The number of benzene rings is 1. The Bertz CT molecular complexity index is 385. The standard InChI is InChI=1S/C11H13NO2/c1-7-3-4-9(14-2)10-8(13)5-6-12-11(7)10/h3-4,12H,5-6H2,1-2H3. The van der Waals surface area contributed by atoms with E-state index in [1.54, 1.807) is 7.11 Å². The van der Waals surface area contributed by atoms with Crippen molar-refractivity contribution in [2.45, 2.75) is 13.3 Å². The number of Topliss-reactive ketones (excluding diaryl/α,β-unsaturated/α-hetero) is 1. The van der Waals surface area contributed by atoms with Crippen LogP contribution in [0.3, 0.4) is 0 Å². The van der Waals surface area contributed by atoms with Crippen molar-refractivity contribution < 1.29 is 9.53 Å². The Kier molecular flexibility index (Phi) is 2.15. The number of nitrogens with one attached hydrogen (secondary N) is 1. The fourth-order valence-corrected chi connectivity index (χ4v) is 1.79. The molecule has 1 N–H and O–H groups in total. The molecule has 0 spiro atoms. The summed E-state index contributed by atoms with van der Waals surface area (Å²) >= 11 is 0. The molecule has 3 nitrogen and oxygen atoms in total. The maximum Gasteiger partial charge on any atom is 0.170 e. The summed E-state index contributed by atoms with van der Waals surface area (Å²) in [5, 5.41) is 3.24. The average Bonchev–Trinajstić information content (AvgIpc) is 2.20. The van der Waals surface area contributed by atoms with Crippen LogP contribution in [0.1, 0.15) is 22.3 Å². The molecule has 0 amide bonds. The van der Waals surface area contributed by atoms with Crippen molar-refractivity contribution in [3.8, 4) is 5.75 Å². The first-order valence-corrected chi connectivity index (χ1v) is 4.68. The highest BCUT2D eigenvalue weighted by atomic mass is 16.5. The van der Waals surface area contributed by atoms with E-state index in [2.05, 4.69) is 5.32 Å². The predicted molar refractivity (Wildman–Crippen MR) is 55.2 cm³/mol. The normalized spacial score (nSPS) is 14.6. The van der Waals surface area contributed by atoms with Crippen molar-refractivity contribution >= 4 is 11.5 Å². The third kappa shape index (κ3) is 1.25. The Balaban J connectivity index is 2.64. The third-order valence-corrected chi connectivity index (χ3v) is 2.53. The van der Waals surface area contributed by atoms with Crippen LogP contribution >= 0.6 is 0 Å². The van der Waals surface area contributed by atoms with Crippen LogP contribution in [-0.2, 0) is 0 Å². The van der Waals surface area contributed by atoms with Crippen molar-refractivity contribution in [2.75, 3.05) is 19.0 Å². The van der Waals surface area contributed by atoms with E-state index in [1.165, 1.54) is 0 Å². The lowest BCUT2D eigenvalue weighted by atomic mass is 9.98. The molecule has 3 heteroatoms. The summed E-state index contributed by atoms with van der Waals surface area (Å²) in [5.74, 6) is 0.835. The molecule has 0 bridgehead atoms. The maximum absolute atomic E-state index is 11.7. The van der Waals surface area contributed by atoms with Gasteiger partial charge < -0.3 is 10.1 Å². The van der Waals surface area contributed by atoms with Crippen LogP contribution < -0.4 is 10.1 Å². The zero-order valence-corrected chi connectivity index (χ0v) is 8.39. The second-order valence-corrected chi connectivity index (χ2v) is 3.43. The molecule has 0 aliphatic carbocycles. The van der Waals surface area contributed by atoms with Crippen LogP contribution in [-0.4, -0.2) is 19.4 Å². The Labute approximate surface area is 83.1 Å². The first-order chi connectivity index (χ1) is 6.74. The summed E-state index contributed by atoms with van der Waals surface area (Å²) in [7, 11) is 1.59. The summed E-state index contributed by atoms with van der Waals surface area (Å²) < 4.78 is 5.18. The largest absolute Gasteiger partial charge is 0.496 e. The van der Waals surface area contributed by atoms with Crippen LogP contribution in [0.2, 0.25) is 0 Å². The van der Waals surface area contributed by atoms with Gasteiger partial charge in [0.2, 0.25) is 0 Å². The van der Waals surface area contributed by atoms with Crippen molar-refractivity contribution in [3.63, 3.8) is 0 Å². The Morgan fingerprint density at radius 2 is 2.21 bits per heavy atom. The average molecular weight is 191 g/mol. The van der Waals surface area contributed by atoms with Gasteiger partial charge in [0.25, 0.3) is 0 Å². The molecule has 0 unspecified atom stereocenters. The monoisotopic (exact) mass is 191 g/mol. The molecule has 0 aromatic heterocycles. The van der Waals surface area contributed by atoms with Gasteiger partial charge in [-0.15, -0.1) is 0 Å². The molecule has 1 aliphatic heterocycles. The number of ketones is 1. The minimum atomic E-state index is 0.166. The van der Waals surface area contributed by atoms with E-state index in [4.69, 9.17) is 4.74 Å². The molecule has 0 atom stereocenters. The molecule has 1 heterocycles. The summed E-state index contributed by atoms with van der Waals surface area (Å²) in [6.45, 7) is 2.71. The minimum Gasteiger partial charge on any atom is -0.496 e. The van der Waals surface area contributed by atoms with Gasteiger partial charge in [-0.2, -0.15) is 0 Å². The van der Waals surface area contributed by atoms with Gasteiger partial charge in [-0.05, 0) is 18.6 Å². The highest BCUT2D eigenvalue weighted by Crippen LogP contribution is 2.33. The molecular formula is C11H13NO2. The number of aryl methyl sites for hydroxylation is 1. The lowest BCUT2D eigenvalue weighted by Crippen LogP contribution is -2.19. The highest BCUT2D eigenvalue weighted by molar-refractivity contribution is 6.06. The second kappa shape index (κ2) is 3.33. The topological polar surface area (TPSA) is 38.3 Å². The first-order valence-electron chi connectivity index (χ1n) is 4.68. The van der Waals surface area contributed by atoms with Crippen LogP contribution in [0.15, 0.2) is 12.1 Å². The number of anilines is 1. The first kappa shape index (κ1) is 9.06. The molecule has 2 rings (SSSR count). The third-order valence-electron chi connectivity index (χ3n) is 2.53. The molecule has 0 fully saturated rings. The van der Waals surface area contributed by atoms with E-state index in [0.717, 1.165) is 17.8 Å². The number of carbonyl (C=O) groups is 1. The second-order valence-electron chi connectivity index (χ2n) is 3.43. The van der Waals surface area contributed by atoms with Gasteiger partial charge in [-0.1, -0.05) is 6.07 Å².